The Balaban J connectivity index is 1.70. The number of nitriles is 1. The van der Waals surface area contributed by atoms with Crippen LogP contribution in [0, 0.1) is 11.3 Å². The van der Waals surface area contributed by atoms with Crippen molar-refractivity contribution in [3.63, 3.8) is 0 Å². The molecule has 1 unspecified atom stereocenters. The number of pyridine rings is 1. The van der Waals surface area contributed by atoms with Gasteiger partial charge in [-0.1, -0.05) is 12.1 Å². The number of hydrogen-bond acceptors (Lipinski definition) is 5. The minimum absolute atomic E-state index is 0.132. The molecule has 1 fully saturated rings. The highest BCUT2D eigenvalue weighted by Crippen LogP contribution is 2.31. The van der Waals surface area contributed by atoms with Gasteiger partial charge in [-0.2, -0.15) is 5.26 Å². The SMILES string of the molecule is CC(=Cc1cnccc1C(=O)NCC(=O)N1CC(F)(F)CC1C#N)c1ccc(OC(F)(F)F)cc1. The molecule has 0 spiro atoms. The van der Waals surface area contributed by atoms with E-state index in [1.165, 1.54) is 30.6 Å². The van der Waals surface area contributed by atoms with Crippen molar-refractivity contribution in [3.05, 3.63) is 59.4 Å². The molecule has 1 aromatic carbocycles. The largest absolute Gasteiger partial charge is 0.573 e. The van der Waals surface area contributed by atoms with E-state index in [1.54, 1.807) is 19.1 Å². The van der Waals surface area contributed by atoms with Crippen molar-refractivity contribution in [2.75, 3.05) is 13.1 Å². The van der Waals surface area contributed by atoms with E-state index in [2.05, 4.69) is 15.0 Å². The number of nitrogens with zero attached hydrogens (tertiary/aromatic N) is 3. The number of ether oxygens (including phenoxy) is 1. The van der Waals surface area contributed by atoms with Gasteiger partial charge in [0.15, 0.2) is 0 Å². The first kappa shape index (κ1) is 25.6. The number of halogens is 5. The van der Waals surface area contributed by atoms with Gasteiger partial charge in [0.2, 0.25) is 5.91 Å². The van der Waals surface area contributed by atoms with Crippen LogP contribution in [0.15, 0.2) is 42.7 Å². The van der Waals surface area contributed by atoms with Crippen molar-refractivity contribution >= 4 is 23.5 Å². The van der Waals surface area contributed by atoms with Gasteiger partial charge in [-0.15, -0.1) is 13.2 Å². The zero-order valence-electron chi connectivity index (χ0n) is 18.3. The standard InChI is InChI=1S/C23H19F5N4O3/c1-14(15-2-4-18(5-3-15)35-23(26,27)28)8-16-11-30-7-6-19(16)21(34)31-12-20(33)32-13-22(24,25)9-17(32)10-29/h2-8,11,17H,9,12-13H2,1H3,(H,31,34). The predicted octanol–water partition coefficient (Wildman–Crippen LogP) is 4.03. The molecule has 2 amide bonds. The first-order chi connectivity index (χ1) is 16.4. The van der Waals surface area contributed by atoms with Crippen LogP contribution in [-0.4, -0.2) is 53.1 Å². The monoisotopic (exact) mass is 494 g/mol. The van der Waals surface area contributed by atoms with Gasteiger partial charge >= 0.3 is 6.36 Å². The van der Waals surface area contributed by atoms with E-state index in [0.29, 0.717) is 16.7 Å². The van der Waals surface area contributed by atoms with Crippen LogP contribution in [0.2, 0.25) is 0 Å². The topological polar surface area (TPSA) is 95.3 Å². The van der Waals surface area contributed by atoms with Gasteiger partial charge < -0.3 is 15.0 Å². The molecular formula is C23H19F5N4O3. The van der Waals surface area contributed by atoms with E-state index in [9.17, 15) is 31.5 Å². The zero-order chi connectivity index (χ0) is 25.8. The van der Waals surface area contributed by atoms with E-state index in [4.69, 9.17) is 5.26 Å². The summed E-state index contributed by atoms with van der Waals surface area (Å²) in [4.78, 5) is 29.7. The van der Waals surface area contributed by atoms with Gasteiger partial charge in [-0.3, -0.25) is 14.6 Å². The second-order valence-corrected chi connectivity index (χ2v) is 7.77. The molecule has 3 rings (SSSR count). The minimum atomic E-state index is -4.81. The smallest absolute Gasteiger partial charge is 0.406 e. The van der Waals surface area contributed by atoms with Crippen molar-refractivity contribution in [3.8, 4) is 11.8 Å². The average molecular weight is 494 g/mol. The summed E-state index contributed by atoms with van der Waals surface area (Å²) in [6.07, 6.45) is -1.26. The average Bonchev–Trinajstić information content (AvgIpc) is 3.11. The molecule has 2 heterocycles. The summed E-state index contributed by atoms with van der Waals surface area (Å²) in [6.45, 7) is 0.195. The summed E-state index contributed by atoms with van der Waals surface area (Å²) in [5.41, 5.74) is 1.64. The molecule has 0 saturated carbocycles. The Morgan fingerprint density at radius 3 is 2.60 bits per heavy atom. The lowest BCUT2D eigenvalue weighted by Crippen LogP contribution is -2.43. The third-order valence-corrected chi connectivity index (χ3v) is 5.15. The van der Waals surface area contributed by atoms with E-state index < -0.39 is 49.7 Å². The molecule has 0 radical (unpaired) electrons. The summed E-state index contributed by atoms with van der Waals surface area (Å²) < 4.78 is 68.0. The highest BCUT2D eigenvalue weighted by atomic mass is 19.4. The lowest BCUT2D eigenvalue weighted by atomic mass is 10.0. The normalized spacial score (nSPS) is 17.6. The third kappa shape index (κ3) is 6.75. The lowest BCUT2D eigenvalue weighted by Gasteiger charge is -2.19. The molecule has 12 heteroatoms. The number of rotatable bonds is 6. The highest BCUT2D eigenvalue weighted by Gasteiger charge is 2.47. The molecule has 35 heavy (non-hydrogen) atoms. The number of aromatic nitrogens is 1. The zero-order valence-corrected chi connectivity index (χ0v) is 18.3. The van der Waals surface area contributed by atoms with Gasteiger partial charge in [-0.25, -0.2) is 8.78 Å². The molecule has 0 bridgehead atoms. The second-order valence-electron chi connectivity index (χ2n) is 7.77. The van der Waals surface area contributed by atoms with Crippen molar-refractivity contribution in [2.45, 2.75) is 31.7 Å². The fourth-order valence-corrected chi connectivity index (χ4v) is 3.51. The molecule has 184 valence electrons. The maximum absolute atomic E-state index is 13.6. The Kier molecular flexibility index (Phi) is 7.38. The maximum Gasteiger partial charge on any atom is 0.573 e. The number of amides is 2. The molecular weight excluding hydrogens is 475 g/mol. The van der Waals surface area contributed by atoms with E-state index in [0.717, 1.165) is 17.0 Å². The molecule has 2 aromatic rings. The summed E-state index contributed by atoms with van der Waals surface area (Å²) in [5, 5.41) is 11.4. The Bertz CT molecular complexity index is 1170. The summed E-state index contributed by atoms with van der Waals surface area (Å²) in [5.74, 6) is -5.04. The van der Waals surface area contributed by atoms with Crippen LogP contribution in [0.3, 0.4) is 0 Å². The Morgan fingerprint density at radius 2 is 1.97 bits per heavy atom. The van der Waals surface area contributed by atoms with Crippen molar-refractivity contribution in [1.29, 1.82) is 5.26 Å². The van der Waals surface area contributed by atoms with Gasteiger partial charge in [0.1, 0.15) is 11.8 Å². The lowest BCUT2D eigenvalue weighted by molar-refractivity contribution is -0.274. The second kappa shape index (κ2) is 10.1. The summed E-state index contributed by atoms with van der Waals surface area (Å²) in [7, 11) is 0. The number of likely N-dealkylation sites (tertiary alicyclic amines) is 1. The molecule has 1 N–H and O–H groups in total. The fraction of sp³-hybridized carbons (Fsp3) is 0.304. The van der Waals surface area contributed by atoms with E-state index in [-0.39, 0.29) is 11.3 Å². The highest BCUT2D eigenvalue weighted by molar-refractivity contribution is 6.00. The Hall–Kier alpha value is -4.01. The van der Waals surface area contributed by atoms with Gasteiger partial charge in [-0.05, 0) is 42.3 Å². The van der Waals surface area contributed by atoms with Crippen molar-refractivity contribution in [1.82, 2.24) is 15.2 Å². The van der Waals surface area contributed by atoms with E-state index >= 15 is 0 Å². The van der Waals surface area contributed by atoms with Crippen LogP contribution in [0.1, 0.15) is 34.8 Å². The molecule has 1 atom stereocenters. The number of benzene rings is 1. The van der Waals surface area contributed by atoms with Gasteiger partial charge in [0, 0.05) is 29.9 Å². The van der Waals surface area contributed by atoms with Crippen LogP contribution in [0.5, 0.6) is 5.75 Å². The van der Waals surface area contributed by atoms with Crippen molar-refractivity contribution in [2.24, 2.45) is 0 Å². The fourth-order valence-electron chi connectivity index (χ4n) is 3.51. The summed E-state index contributed by atoms with van der Waals surface area (Å²) in [6, 6.07) is 6.92. The number of carbonyl (C=O) groups excluding carboxylic acids is 2. The van der Waals surface area contributed by atoms with Crippen LogP contribution in [0.4, 0.5) is 22.0 Å². The Labute approximate surface area is 196 Å². The first-order valence-corrected chi connectivity index (χ1v) is 10.2. The van der Waals surface area contributed by atoms with Crippen molar-refractivity contribution < 1.29 is 36.3 Å². The van der Waals surface area contributed by atoms with Gasteiger partial charge in [0.05, 0.1) is 19.2 Å². The van der Waals surface area contributed by atoms with E-state index in [1.807, 2.05) is 0 Å². The quantitative estimate of drug-likeness (QED) is 0.612. The molecule has 1 aromatic heterocycles. The molecule has 7 nitrogen and oxygen atoms in total. The molecule has 1 saturated heterocycles. The van der Waals surface area contributed by atoms with Crippen LogP contribution < -0.4 is 10.1 Å². The molecule has 1 aliphatic rings. The number of nitrogens with one attached hydrogen (secondary N) is 1. The minimum Gasteiger partial charge on any atom is -0.406 e. The number of carbonyl (C=O) groups is 2. The van der Waals surface area contributed by atoms with Crippen LogP contribution in [0.25, 0.3) is 11.6 Å². The van der Waals surface area contributed by atoms with Crippen LogP contribution >= 0.6 is 0 Å². The molecule has 0 aliphatic carbocycles. The first-order valence-electron chi connectivity index (χ1n) is 10.2. The van der Waals surface area contributed by atoms with Crippen LogP contribution in [-0.2, 0) is 4.79 Å². The maximum atomic E-state index is 13.6. The number of allylic oxidation sites excluding steroid dienone is 1. The summed E-state index contributed by atoms with van der Waals surface area (Å²) >= 11 is 0. The molecule has 1 aliphatic heterocycles. The Morgan fingerprint density at radius 1 is 1.29 bits per heavy atom. The van der Waals surface area contributed by atoms with Gasteiger partial charge in [0.25, 0.3) is 11.8 Å². The predicted molar refractivity (Wildman–Crippen MR) is 114 cm³/mol. The third-order valence-electron chi connectivity index (χ3n) is 5.15. The number of hydrogen-bond donors (Lipinski definition) is 1. The number of alkyl halides is 5.